The van der Waals surface area contributed by atoms with Crippen LogP contribution in [0.4, 0.5) is 13.2 Å². The summed E-state index contributed by atoms with van der Waals surface area (Å²) in [6.45, 7) is -1.70. The Labute approximate surface area is 91.3 Å². The number of hydrogen-bond donors (Lipinski definition) is 2. The fourth-order valence-corrected chi connectivity index (χ4v) is 1.39. The fourth-order valence-electron chi connectivity index (χ4n) is 1.39. The molecule has 1 aliphatic rings. The molecule has 1 fully saturated rings. The van der Waals surface area contributed by atoms with E-state index in [1.165, 1.54) is 0 Å². The van der Waals surface area contributed by atoms with Crippen molar-refractivity contribution >= 4 is 5.91 Å². The van der Waals surface area contributed by atoms with Gasteiger partial charge in [-0.15, -0.1) is 0 Å². The first-order valence-corrected chi connectivity index (χ1v) is 5.01. The molecule has 0 heterocycles. The molecule has 1 saturated carbocycles. The van der Waals surface area contributed by atoms with Crippen LogP contribution in [0.5, 0.6) is 0 Å². The molecule has 0 saturated heterocycles. The van der Waals surface area contributed by atoms with Crippen LogP contribution in [-0.2, 0) is 9.53 Å². The summed E-state index contributed by atoms with van der Waals surface area (Å²) in [5.74, 6) is -0.569. The van der Waals surface area contributed by atoms with Crippen molar-refractivity contribution in [1.29, 1.82) is 0 Å². The molecule has 0 atom stereocenters. The highest BCUT2D eigenvalue weighted by Crippen LogP contribution is 2.27. The summed E-state index contributed by atoms with van der Waals surface area (Å²) < 4.78 is 39.2. The molecule has 3 N–H and O–H groups in total. The summed E-state index contributed by atoms with van der Waals surface area (Å²) in [5.41, 5.74) is 5.44. The van der Waals surface area contributed by atoms with Gasteiger partial charge in [-0.1, -0.05) is 0 Å². The SMILES string of the molecule is NC1(CNC(=O)COCC(F)(F)F)CCC1. The van der Waals surface area contributed by atoms with E-state index in [1.807, 2.05) is 0 Å². The highest BCUT2D eigenvalue weighted by atomic mass is 19.4. The van der Waals surface area contributed by atoms with E-state index in [9.17, 15) is 18.0 Å². The molecule has 0 aromatic heterocycles. The van der Waals surface area contributed by atoms with Gasteiger partial charge < -0.3 is 15.8 Å². The van der Waals surface area contributed by atoms with E-state index in [4.69, 9.17) is 5.73 Å². The van der Waals surface area contributed by atoms with Crippen LogP contribution in [0, 0.1) is 0 Å². The predicted molar refractivity (Wildman–Crippen MR) is 50.7 cm³/mol. The predicted octanol–water partition coefficient (Wildman–Crippen LogP) is 0.563. The van der Waals surface area contributed by atoms with Crippen molar-refractivity contribution in [3.63, 3.8) is 0 Å². The van der Waals surface area contributed by atoms with Crippen LogP contribution in [-0.4, -0.2) is 37.4 Å². The van der Waals surface area contributed by atoms with E-state index in [0.29, 0.717) is 6.54 Å². The van der Waals surface area contributed by atoms with Crippen molar-refractivity contribution < 1.29 is 22.7 Å². The van der Waals surface area contributed by atoms with Crippen molar-refractivity contribution in [3.8, 4) is 0 Å². The molecule has 94 valence electrons. The minimum Gasteiger partial charge on any atom is -0.362 e. The first-order chi connectivity index (χ1) is 7.31. The number of nitrogens with one attached hydrogen (secondary N) is 1. The molecule has 1 aliphatic carbocycles. The van der Waals surface area contributed by atoms with Crippen LogP contribution in [0.2, 0.25) is 0 Å². The van der Waals surface area contributed by atoms with Crippen molar-refractivity contribution in [3.05, 3.63) is 0 Å². The van der Waals surface area contributed by atoms with Gasteiger partial charge >= 0.3 is 6.18 Å². The highest BCUT2D eigenvalue weighted by molar-refractivity contribution is 5.77. The molecule has 0 aliphatic heterocycles. The summed E-state index contributed by atoms with van der Waals surface area (Å²) in [4.78, 5) is 11.1. The number of halogens is 3. The van der Waals surface area contributed by atoms with Gasteiger partial charge in [-0.2, -0.15) is 13.2 Å². The third-order valence-corrected chi connectivity index (χ3v) is 2.49. The zero-order valence-electron chi connectivity index (χ0n) is 8.77. The van der Waals surface area contributed by atoms with Gasteiger partial charge in [0.2, 0.25) is 5.91 Å². The number of carbonyl (C=O) groups is 1. The molecule has 0 aromatic rings. The monoisotopic (exact) mass is 240 g/mol. The Morgan fingerprint density at radius 3 is 2.50 bits per heavy atom. The van der Waals surface area contributed by atoms with Gasteiger partial charge in [-0.05, 0) is 19.3 Å². The molecular formula is C9H15F3N2O2. The van der Waals surface area contributed by atoms with E-state index < -0.39 is 25.3 Å². The lowest BCUT2D eigenvalue weighted by molar-refractivity contribution is -0.175. The van der Waals surface area contributed by atoms with Gasteiger partial charge in [0.1, 0.15) is 13.2 Å². The molecule has 16 heavy (non-hydrogen) atoms. The number of nitrogens with two attached hydrogens (primary N) is 1. The van der Waals surface area contributed by atoms with Gasteiger partial charge in [0, 0.05) is 12.1 Å². The minimum absolute atomic E-state index is 0.293. The fraction of sp³-hybridized carbons (Fsp3) is 0.889. The van der Waals surface area contributed by atoms with Crippen molar-refractivity contribution in [2.24, 2.45) is 5.73 Å². The van der Waals surface area contributed by atoms with Crippen LogP contribution >= 0.6 is 0 Å². The van der Waals surface area contributed by atoms with E-state index in [0.717, 1.165) is 19.3 Å². The lowest BCUT2D eigenvalue weighted by Crippen LogP contribution is -2.55. The normalized spacial score (nSPS) is 19.0. The van der Waals surface area contributed by atoms with E-state index in [2.05, 4.69) is 10.1 Å². The summed E-state index contributed by atoms with van der Waals surface area (Å²) in [7, 11) is 0. The molecule has 0 unspecified atom stereocenters. The minimum atomic E-state index is -4.40. The van der Waals surface area contributed by atoms with Crippen LogP contribution in [0.1, 0.15) is 19.3 Å². The maximum atomic E-state index is 11.7. The molecule has 0 radical (unpaired) electrons. The molecule has 0 bridgehead atoms. The smallest absolute Gasteiger partial charge is 0.362 e. The second kappa shape index (κ2) is 5.01. The highest BCUT2D eigenvalue weighted by Gasteiger charge is 2.32. The Morgan fingerprint density at radius 2 is 2.06 bits per heavy atom. The number of hydrogen-bond acceptors (Lipinski definition) is 3. The third-order valence-electron chi connectivity index (χ3n) is 2.49. The van der Waals surface area contributed by atoms with Crippen molar-refractivity contribution in [1.82, 2.24) is 5.32 Å². The van der Waals surface area contributed by atoms with Crippen LogP contribution in [0.25, 0.3) is 0 Å². The number of carbonyl (C=O) groups excluding carboxylic acids is 1. The second-order valence-electron chi connectivity index (χ2n) is 4.10. The Morgan fingerprint density at radius 1 is 1.44 bits per heavy atom. The van der Waals surface area contributed by atoms with Gasteiger partial charge in [0.25, 0.3) is 0 Å². The lowest BCUT2D eigenvalue weighted by Gasteiger charge is -2.38. The molecular weight excluding hydrogens is 225 g/mol. The summed E-state index contributed by atoms with van der Waals surface area (Å²) >= 11 is 0. The average molecular weight is 240 g/mol. The molecule has 7 heteroatoms. The number of ether oxygens (including phenoxy) is 1. The lowest BCUT2D eigenvalue weighted by atomic mass is 9.78. The Kier molecular flexibility index (Phi) is 4.15. The largest absolute Gasteiger partial charge is 0.411 e. The zero-order chi connectivity index (χ0) is 12.2. The van der Waals surface area contributed by atoms with Crippen molar-refractivity contribution in [2.75, 3.05) is 19.8 Å². The topological polar surface area (TPSA) is 64.3 Å². The molecule has 0 aromatic carbocycles. The molecule has 1 rings (SSSR count). The number of alkyl halides is 3. The molecule has 4 nitrogen and oxygen atoms in total. The van der Waals surface area contributed by atoms with Gasteiger partial charge in [0.15, 0.2) is 0 Å². The van der Waals surface area contributed by atoms with Crippen LogP contribution < -0.4 is 11.1 Å². The Hall–Kier alpha value is -0.820. The van der Waals surface area contributed by atoms with E-state index >= 15 is 0 Å². The van der Waals surface area contributed by atoms with Gasteiger partial charge in [0.05, 0.1) is 0 Å². The van der Waals surface area contributed by atoms with Crippen LogP contribution in [0.3, 0.4) is 0 Å². The zero-order valence-corrected chi connectivity index (χ0v) is 8.77. The standard InChI is InChI=1S/C9H15F3N2O2/c10-9(11,12)6-16-4-7(15)14-5-8(13)2-1-3-8/h1-6,13H2,(H,14,15). The maximum absolute atomic E-state index is 11.7. The molecule has 1 amide bonds. The van der Waals surface area contributed by atoms with Gasteiger partial charge in [-0.25, -0.2) is 0 Å². The first-order valence-electron chi connectivity index (χ1n) is 5.01. The van der Waals surface area contributed by atoms with Crippen LogP contribution in [0.15, 0.2) is 0 Å². The molecule has 0 spiro atoms. The Balaban J connectivity index is 2.07. The maximum Gasteiger partial charge on any atom is 0.411 e. The summed E-state index contributed by atoms with van der Waals surface area (Å²) in [6.07, 6.45) is -1.71. The average Bonchev–Trinajstić information content (AvgIpc) is 2.09. The summed E-state index contributed by atoms with van der Waals surface area (Å²) in [5, 5.41) is 2.46. The third kappa shape index (κ3) is 4.80. The Bertz CT molecular complexity index is 252. The number of rotatable bonds is 5. The second-order valence-corrected chi connectivity index (χ2v) is 4.10. The summed E-state index contributed by atoms with van der Waals surface area (Å²) in [6, 6.07) is 0. The number of amides is 1. The van der Waals surface area contributed by atoms with E-state index in [-0.39, 0.29) is 5.54 Å². The van der Waals surface area contributed by atoms with E-state index in [1.54, 1.807) is 0 Å². The van der Waals surface area contributed by atoms with Crippen molar-refractivity contribution in [2.45, 2.75) is 31.0 Å². The first kappa shape index (κ1) is 13.2. The quantitative estimate of drug-likeness (QED) is 0.738. The van der Waals surface area contributed by atoms with Gasteiger partial charge in [-0.3, -0.25) is 4.79 Å².